The molecule has 66 heavy (non-hydrogen) atoms. The number of aliphatic hydroxyl groups excluding tert-OH is 2. The van der Waals surface area contributed by atoms with Gasteiger partial charge in [0.25, 0.3) is 0 Å². The smallest absolute Gasteiger partial charge is 0.305 e. The predicted octanol–water partition coefficient (Wildman–Crippen LogP) is 18.2. The maximum Gasteiger partial charge on any atom is 0.305 e. The third-order valence-electron chi connectivity index (χ3n) is 13.7. The molecular weight excluding hydrogens is 815 g/mol. The van der Waals surface area contributed by atoms with E-state index in [9.17, 15) is 19.8 Å². The number of amides is 1. The number of esters is 1. The fourth-order valence-corrected chi connectivity index (χ4v) is 9.16. The number of aliphatic hydroxyl groups is 2. The summed E-state index contributed by atoms with van der Waals surface area (Å²) in [4.78, 5) is 24.5. The predicted molar refractivity (Wildman–Crippen MR) is 287 cm³/mol. The standard InChI is InChI=1S/C60H115NO5/c1-3-5-7-9-11-13-15-17-19-20-21-22-23-24-25-26-27-28-29-32-36-40-44-48-52-58(63)57(56-62)61-59(64)53-49-45-41-37-33-31-35-39-43-47-51-55-66-60(65)54-50-46-42-38-34-30-18-16-14-12-10-8-6-4-2/h35,39,48,52,57-58,62-63H,3-34,36-38,40-47,49-51,53-56H2,1-2H3,(H,61,64)/b39-35-,52-48+. The molecular formula is C60H115NO5. The summed E-state index contributed by atoms with van der Waals surface area (Å²) in [6, 6.07) is -0.649. The normalized spacial score (nSPS) is 12.7. The summed E-state index contributed by atoms with van der Waals surface area (Å²) in [5.41, 5.74) is 0. The molecule has 0 fully saturated rings. The summed E-state index contributed by atoms with van der Waals surface area (Å²) in [6.45, 7) is 4.85. The molecule has 1 amide bonds. The Balaban J connectivity index is 3.52. The highest BCUT2D eigenvalue weighted by atomic mass is 16.5. The maximum absolute atomic E-state index is 12.5. The van der Waals surface area contributed by atoms with Crippen molar-refractivity contribution in [1.29, 1.82) is 0 Å². The van der Waals surface area contributed by atoms with Gasteiger partial charge in [0.2, 0.25) is 5.91 Å². The van der Waals surface area contributed by atoms with Gasteiger partial charge in [0, 0.05) is 12.8 Å². The van der Waals surface area contributed by atoms with Crippen LogP contribution in [0.4, 0.5) is 0 Å². The zero-order valence-corrected chi connectivity index (χ0v) is 44.4. The van der Waals surface area contributed by atoms with E-state index in [1.165, 1.54) is 212 Å². The molecule has 0 rings (SSSR count). The molecule has 6 nitrogen and oxygen atoms in total. The number of hydrogen-bond donors (Lipinski definition) is 3. The molecule has 0 saturated carbocycles. The Kier molecular flexibility index (Phi) is 54.5. The Morgan fingerprint density at radius 3 is 1.08 bits per heavy atom. The molecule has 0 aromatic carbocycles. The molecule has 390 valence electrons. The van der Waals surface area contributed by atoms with Crippen molar-refractivity contribution in [1.82, 2.24) is 5.32 Å². The van der Waals surface area contributed by atoms with Gasteiger partial charge < -0.3 is 20.3 Å². The van der Waals surface area contributed by atoms with E-state index in [1.54, 1.807) is 6.08 Å². The summed E-state index contributed by atoms with van der Waals surface area (Å²) < 4.78 is 5.44. The highest BCUT2D eigenvalue weighted by Crippen LogP contribution is 2.17. The van der Waals surface area contributed by atoms with Crippen LogP contribution in [0.3, 0.4) is 0 Å². The van der Waals surface area contributed by atoms with E-state index in [1.807, 2.05) is 6.08 Å². The van der Waals surface area contributed by atoms with Crippen LogP contribution in [0.2, 0.25) is 0 Å². The van der Waals surface area contributed by atoms with Crippen LogP contribution in [0, 0.1) is 0 Å². The van der Waals surface area contributed by atoms with E-state index in [2.05, 4.69) is 31.3 Å². The van der Waals surface area contributed by atoms with Crippen LogP contribution < -0.4 is 5.32 Å². The quantitative estimate of drug-likeness (QED) is 0.0321. The molecule has 0 heterocycles. The first kappa shape index (κ1) is 64.3. The average molecular weight is 931 g/mol. The van der Waals surface area contributed by atoms with E-state index in [-0.39, 0.29) is 18.5 Å². The molecule has 0 bridgehead atoms. The third-order valence-corrected chi connectivity index (χ3v) is 13.7. The average Bonchev–Trinajstić information content (AvgIpc) is 3.32. The Morgan fingerprint density at radius 1 is 0.409 bits per heavy atom. The second-order valence-electron chi connectivity index (χ2n) is 20.3. The van der Waals surface area contributed by atoms with Crippen molar-refractivity contribution >= 4 is 11.9 Å². The highest BCUT2D eigenvalue weighted by Gasteiger charge is 2.18. The van der Waals surface area contributed by atoms with Crippen LogP contribution in [0.15, 0.2) is 24.3 Å². The molecule has 0 aliphatic carbocycles. The molecule has 2 atom stereocenters. The number of hydrogen-bond acceptors (Lipinski definition) is 5. The molecule has 0 spiro atoms. The van der Waals surface area contributed by atoms with Crippen molar-refractivity contribution in [2.24, 2.45) is 0 Å². The fraction of sp³-hybridized carbons (Fsp3) is 0.900. The monoisotopic (exact) mass is 930 g/mol. The van der Waals surface area contributed by atoms with E-state index in [4.69, 9.17) is 4.74 Å². The highest BCUT2D eigenvalue weighted by molar-refractivity contribution is 5.76. The van der Waals surface area contributed by atoms with Crippen LogP contribution in [0.1, 0.15) is 322 Å². The Labute approximate surface area is 411 Å². The van der Waals surface area contributed by atoms with Crippen LogP contribution in [0.25, 0.3) is 0 Å². The Bertz CT molecular complexity index is 1030. The van der Waals surface area contributed by atoms with Gasteiger partial charge >= 0.3 is 5.97 Å². The second-order valence-corrected chi connectivity index (χ2v) is 20.3. The van der Waals surface area contributed by atoms with Gasteiger partial charge in [-0.1, -0.05) is 276 Å². The minimum atomic E-state index is -0.863. The lowest BCUT2D eigenvalue weighted by atomic mass is 10.0. The second kappa shape index (κ2) is 55.9. The van der Waals surface area contributed by atoms with E-state index in [0.29, 0.717) is 19.4 Å². The number of allylic oxidation sites excluding steroid dienone is 3. The first-order valence-electron chi connectivity index (χ1n) is 29.6. The maximum atomic E-state index is 12.5. The summed E-state index contributed by atoms with van der Waals surface area (Å²) >= 11 is 0. The molecule has 3 N–H and O–H groups in total. The minimum absolute atomic E-state index is 0.0300. The van der Waals surface area contributed by atoms with Crippen molar-refractivity contribution in [3.63, 3.8) is 0 Å². The lowest BCUT2D eigenvalue weighted by molar-refractivity contribution is -0.143. The summed E-state index contributed by atoms with van der Waals surface area (Å²) in [7, 11) is 0. The molecule has 0 radical (unpaired) electrons. The fourth-order valence-electron chi connectivity index (χ4n) is 9.16. The minimum Gasteiger partial charge on any atom is -0.466 e. The van der Waals surface area contributed by atoms with E-state index >= 15 is 0 Å². The molecule has 2 unspecified atom stereocenters. The van der Waals surface area contributed by atoms with Crippen molar-refractivity contribution < 1.29 is 24.5 Å². The van der Waals surface area contributed by atoms with Gasteiger partial charge in [-0.3, -0.25) is 9.59 Å². The number of carbonyl (C=O) groups excluding carboxylic acids is 2. The van der Waals surface area contributed by atoms with Gasteiger partial charge in [0.15, 0.2) is 0 Å². The van der Waals surface area contributed by atoms with Crippen molar-refractivity contribution in [3.05, 3.63) is 24.3 Å². The van der Waals surface area contributed by atoms with Crippen molar-refractivity contribution in [2.45, 2.75) is 334 Å². The van der Waals surface area contributed by atoms with Gasteiger partial charge in [-0.25, -0.2) is 0 Å². The summed E-state index contributed by atoms with van der Waals surface area (Å²) in [6.07, 6.45) is 67.8. The Hall–Kier alpha value is -1.66. The molecule has 0 aliphatic rings. The number of ether oxygens (including phenoxy) is 1. The molecule has 0 saturated heterocycles. The van der Waals surface area contributed by atoms with Crippen molar-refractivity contribution in [2.75, 3.05) is 13.2 Å². The van der Waals surface area contributed by atoms with Gasteiger partial charge in [-0.15, -0.1) is 0 Å². The van der Waals surface area contributed by atoms with Gasteiger partial charge in [0.05, 0.1) is 25.4 Å². The molecule has 0 aliphatic heterocycles. The van der Waals surface area contributed by atoms with E-state index < -0.39 is 12.1 Å². The lowest BCUT2D eigenvalue weighted by Gasteiger charge is -2.20. The molecule has 0 aromatic heterocycles. The lowest BCUT2D eigenvalue weighted by Crippen LogP contribution is -2.45. The third kappa shape index (κ3) is 51.7. The zero-order chi connectivity index (χ0) is 47.9. The zero-order valence-electron chi connectivity index (χ0n) is 44.4. The number of rotatable bonds is 55. The van der Waals surface area contributed by atoms with Crippen LogP contribution in [-0.2, 0) is 14.3 Å². The van der Waals surface area contributed by atoms with E-state index in [0.717, 1.165) is 83.5 Å². The van der Waals surface area contributed by atoms with Gasteiger partial charge in [-0.05, 0) is 57.8 Å². The summed E-state index contributed by atoms with van der Waals surface area (Å²) in [5.74, 6) is -0.124. The van der Waals surface area contributed by atoms with Gasteiger partial charge in [-0.2, -0.15) is 0 Å². The SMILES string of the molecule is CCCCCCCCCCCCCCCCCCCCCCCC/C=C/C(O)C(CO)NC(=O)CCCCCCC/C=C\CCCCOC(=O)CCCCCCCCCCCCCCCC. The summed E-state index contributed by atoms with van der Waals surface area (Å²) in [5, 5.41) is 23.2. The number of carbonyl (C=O) groups is 2. The van der Waals surface area contributed by atoms with Crippen LogP contribution in [-0.4, -0.2) is 47.4 Å². The van der Waals surface area contributed by atoms with Crippen LogP contribution >= 0.6 is 0 Å². The first-order valence-corrected chi connectivity index (χ1v) is 29.6. The molecule has 0 aromatic rings. The van der Waals surface area contributed by atoms with Crippen molar-refractivity contribution in [3.8, 4) is 0 Å². The van der Waals surface area contributed by atoms with Gasteiger partial charge in [0.1, 0.15) is 0 Å². The van der Waals surface area contributed by atoms with Crippen LogP contribution in [0.5, 0.6) is 0 Å². The topological polar surface area (TPSA) is 95.9 Å². The Morgan fingerprint density at radius 2 is 0.712 bits per heavy atom. The number of unbranched alkanes of at least 4 members (excludes halogenated alkanes) is 42. The molecule has 6 heteroatoms. The largest absolute Gasteiger partial charge is 0.466 e. The first-order chi connectivity index (χ1) is 32.5. The number of nitrogens with one attached hydrogen (secondary N) is 1.